The van der Waals surface area contributed by atoms with Gasteiger partial charge in [0.2, 0.25) is 0 Å². The minimum absolute atomic E-state index is 0.0300. The van der Waals surface area contributed by atoms with E-state index >= 15 is 0 Å². The van der Waals surface area contributed by atoms with Crippen LogP contribution in [0, 0.1) is 0 Å². The Bertz CT molecular complexity index is 1090. The van der Waals surface area contributed by atoms with Gasteiger partial charge in [-0.25, -0.2) is 9.97 Å². The maximum absolute atomic E-state index is 9.50. The maximum Gasteiger partial charge on any atom is 0.148 e. The Kier molecular flexibility index (Phi) is 4.82. The molecule has 0 aliphatic heterocycles. The largest absolute Gasteiger partial charge is 0.395 e. The molecule has 27 heavy (non-hydrogen) atoms. The summed E-state index contributed by atoms with van der Waals surface area (Å²) in [5.41, 5.74) is 3.35. The number of aliphatic hydroxyl groups is 1. The molecule has 138 valence electrons. The highest BCUT2D eigenvalue weighted by Gasteiger charge is 2.23. The summed E-state index contributed by atoms with van der Waals surface area (Å²) in [7, 11) is 0. The van der Waals surface area contributed by atoms with Crippen molar-refractivity contribution in [2.75, 3.05) is 12.4 Å². The lowest BCUT2D eigenvalue weighted by atomic mass is 10.2. The van der Waals surface area contributed by atoms with Crippen molar-refractivity contribution < 1.29 is 5.11 Å². The van der Waals surface area contributed by atoms with Gasteiger partial charge in [0.05, 0.1) is 29.5 Å². The molecule has 0 radical (unpaired) electrons. The van der Waals surface area contributed by atoms with E-state index in [9.17, 15) is 5.11 Å². The molecule has 1 atom stereocenters. The standard InChI is InChI=1S/C19H18ClN5OS/c20-13-6-7-14-16(10-13)24(8-9-26)18(22-14)17(27)19-23-15(11-25(19)21)12-4-2-1-3-5-12/h1-7,10-11,17,26-27H,8-9,21H2. The first-order valence-corrected chi connectivity index (χ1v) is 9.32. The second kappa shape index (κ2) is 7.26. The number of hydrogen-bond acceptors (Lipinski definition) is 5. The number of rotatable bonds is 5. The van der Waals surface area contributed by atoms with Crippen molar-refractivity contribution in [1.29, 1.82) is 0 Å². The second-order valence-electron chi connectivity index (χ2n) is 6.14. The van der Waals surface area contributed by atoms with Gasteiger partial charge >= 0.3 is 0 Å². The molecule has 0 amide bonds. The zero-order chi connectivity index (χ0) is 19.0. The molecule has 4 aromatic rings. The van der Waals surface area contributed by atoms with Crippen LogP contribution in [-0.4, -0.2) is 30.9 Å². The highest BCUT2D eigenvalue weighted by molar-refractivity contribution is 7.80. The molecule has 6 nitrogen and oxygen atoms in total. The number of aliphatic hydroxyl groups excluding tert-OH is 1. The number of hydrogen-bond donors (Lipinski definition) is 3. The van der Waals surface area contributed by atoms with Crippen LogP contribution in [0.1, 0.15) is 16.9 Å². The van der Waals surface area contributed by atoms with Crippen molar-refractivity contribution in [1.82, 2.24) is 19.2 Å². The number of thiol groups is 1. The third-order valence-electron chi connectivity index (χ3n) is 4.38. The highest BCUT2D eigenvalue weighted by atomic mass is 35.5. The fourth-order valence-corrected chi connectivity index (χ4v) is 3.69. The van der Waals surface area contributed by atoms with Gasteiger partial charge in [-0.3, -0.25) is 4.68 Å². The van der Waals surface area contributed by atoms with E-state index in [1.54, 1.807) is 12.3 Å². The maximum atomic E-state index is 9.50. The summed E-state index contributed by atoms with van der Waals surface area (Å²) in [4.78, 5) is 9.34. The zero-order valence-corrected chi connectivity index (χ0v) is 16.0. The Morgan fingerprint density at radius 1 is 1.11 bits per heavy atom. The van der Waals surface area contributed by atoms with Crippen LogP contribution >= 0.6 is 24.2 Å². The van der Waals surface area contributed by atoms with Gasteiger partial charge in [-0.15, -0.1) is 0 Å². The number of halogens is 1. The Balaban J connectivity index is 1.80. The molecule has 0 spiro atoms. The SMILES string of the molecule is Nn1cc(-c2ccccc2)nc1C(S)c1nc2ccc(Cl)cc2n1CCO. The first-order valence-electron chi connectivity index (χ1n) is 8.43. The monoisotopic (exact) mass is 399 g/mol. The molecule has 1 unspecified atom stereocenters. The van der Waals surface area contributed by atoms with Crippen molar-refractivity contribution in [2.45, 2.75) is 11.8 Å². The Morgan fingerprint density at radius 2 is 1.89 bits per heavy atom. The van der Waals surface area contributed by atoms with Crippen LogP contribution in [-0.2, 0) is 6.54 Å². The lowest BCUT2D eigenvalue weighted by molar-refractivity contribution is 0.276. The van der Waals surface area contributed by atoms with E-state index in [-0.39, 0.29) is 6.61 Å². The van der Waals surface area contributed by atoms with Crippen LogP contribution in [0.5, 0.6) is 0 Å². The zero-order valence-electron chi connectivity index (χ0n) is 14.3. The number of nitrogens with zero attached hydrogens (tertiary/aromatic N) is 4. The van der Waals surface area contributed by atoms with Gasteiger partial charge in [0.1, 0.15) is 16.9 Å². The van der Waals surface area contributed by atoms with E-state index in [2.05, 4.69) is 9.97 Å². The predicted molar refractivity (Wildman–Crippen MR) is 110 cm³/mol. The molecule has 0 bridgehead atoms. The van der Waals surface area contributed by atoms with E-state index < -0.39 is 5.25 Å². The average molecular weight is 400 g/mol. The molecule has 0 aliphatic rings. The van der Waals surface area contributed by atoms with Crippen molar-refractivity contribution in [2.24, 2.45) is 0 Å². The molecule has 0 saturated carbocycles. The number of fused-ring (bicyclic) bond motifs is 1. The number of benzene rings is 2. The van der Waals surface area contributed by atoms with E-state index in [0.717, 1.165) is 22.3 Å². The van der Waals surface area contributed by atoms with Crippen molar-refractivity contribution in [3.63, 3.8) is 0 Å². The fraction of sp³-hybridized carbons (Fsp3) is 0.158. The Hall–Kier alpha value is -2.48. The lowest BCUT2D eigenvalue weighted by Crippen LogP contribution is -2.17. The molecule has 0 saturated heterocycles. The minimum atomic E-state index is -0.467. The van der Waals surface area contributed by atoms with E-state index in [0.29, 0.717) is 23.2 Å². The van der Waals surface area contributed by atoms with Gasteiger partial charge in [-0.05, 0) is 18.2 Å². The molecule has 2 aromatic heterocycles. The summed E-state index contributed by atoms with van der Waals surface area (Å²) < 4.78 is 3.37. The molecule has 4 rings (SSSR count). The lowest BCUT2D eigenvalue weighted by Gasteiger charge is -2.13. The summed E-state index contributed by atoms with van der Waals surface area (Å²) in [6.07, 6.45) is 1.77. The van der Waals surface area contributed by atoms with Crippen LogP contribution in [0.15, 0.2) is 54.7 Å². The van der Waals surface area contributed by atoms with Gasteiger partial charge in [0.25, 0.3) is 0 Å². The van der Waals surface area contributed by atoms with Gasteiger partial charge < -0.3 is 15.5 Å². The van der Waals surface area contributed by atoms with E-state index in [1.807, 2.05) is 47.0 Å². The summed E-state index contributed by atoms with van der Waals surface area (Å²) in [6.45, 7) is 0.345. The summed E-state index contributed by atoms with van der Waals surface area (Å²) >= 11 is 10.9. The molecule has 8 heteroatoms. The van der Waals surface area contributed by atoms with Crippen LogP contribution in [0.2, 0.25) is 5.02 Å². The molecule has 2 aromatic carbocycles. The summed E-state index contributed by atoms with van der Waals surface area (Å²) in [5.74, 6) is 7.38. The first kappa shape index (κ1) is 17.9. The van der Waals surface area contributed by atoms with Crippen LogP contribution in [0.25, 0.3) is 22.3 Å². The smallest absolute Gasteiger partial charge is 0.148 e. The first-order chi connectivity index (χ1) is 13.1. The van der Waals surface area contributed by atoms with Crippen molar-refractivity contribution in [3.8, 4) is 11.3 Å². The van der Waals surface area contributed by atoms with Crippen molar-refractivity contribution in [3.05, 3.63) is 71.4 Å². The number of nitrogen functional groups attached to an aromatic ring is 1. The third kappa shape index (κ3) is 3.29. The van der Waals surface area contributed by atoms with E-state index in [4.69, 9.17) is 30.1 Å². The number of nitrogens with two attached hydrogens (primary N) is 1. The van der Waals surface area contributed by atoms with Crippen molar-refractivity contribution >= 4 is 35.3 Å². The van der Waals surface area contributed by atoms with Gasteiger partial charge in [-0.1, -0.05) is 41.9 Å². The predicted octanol–water partition coefficient (Wildman–Crippen LogP) is 3.28. The Labute approximate surface area is 166 Å². The molecule has 3 N–H and O–H groups in total. The molecule has 2 heterocycles. The molecule has 0 fully saturated rings. The average Bonchev–Trinajstić information content (AvgIpc) is 3.23. The third-order valence-corrected chi connectivity index (χ3v) is 5.08. The quantitative estimate of drug-likeness (QED) is 0.355. The van der Waals surface area contributed by atoms with Crippen LogP contribution in [0.4, 0.5) is 0 Å². The van der Waals surface area contributed by atoms with Gasteiger partial charge in [0.15, 0.2) is 0 Å². The summed E-state index contributed by atoms with van der Waals surface area (Å²) in [6, 6.07) is 15.3. The minimum Gasteiger partial charge on any atom is -0.395 e. The topological polar surface area (TPSA) is 81.9 Å². The fourth-order valence-electron chi connectivity index (χ4n) is 3.13. The second-order valence-corrected chi connectivity index (χ2v) is 7.09. The summed E-state index contributed by atoms with van der Waals surface area (Å²) in [5, 5.41) is 9.64. The van der Waals surface area contributed by atoms with Gasteiger partial charge in [0, 0.05) is 17.1 Å². The highest BCUT2D eigenvalue weighted by Crippen LogP contribution is 2.32. The number of imidazole rings is 2. The normalized spacial score (nSPS) is 12.6. The molecule has 0 aliphatic carbocycles. The number of aromatic nitrogens is 4. The van der Waals surface area contributed by atoms with Gasteiger partial charge in [-0.2, -0.15) is 12.6 Å². The molecular weight excluding hydrogens is 382 g/mol. The Morgan fingerprint density at radius 3 is 2.63 bits per heavy atom. The van der Waals surface area contributed by atoms with E-state index in [1.165, 1.54) is 4.68 Å². The molecular formula is C19H18ClN5OS. The van der Waals surface area contributed by atoms with Crippen LogP contribution < -0.4 is 5.84 Å². The van der Waals surface area contributed by atoms with Crippen LogP contribution in [0.3, 0.4) is 0 Å².